The van der Waals surface area contributed by atoms with Crippen LogP contribution in [0.2, 0.25) is 6.32 Å². The Balaban J connectivity index is 2.68. The quantitative estimate of drug-likeness (QED) is 0.499. The first kappa shape index (κ1) is 6.98. The summed E-state index contributed by atoms with van der Waals surface area (Å²) in [5.41, 5.74) is 5.03. The van der Waals surface area contributed by atoms with Gasteiger partial charge in [0.15, 0.2) is 0 Å². The Morgan fingerprint density at radius 2 is 2.29 bits per heavy atom. The van der Waals surface area contributed by atoms with Crippen LogP contribution < -0.4 is 5.64 Å². The van der Waals surface area contributed by atoms with E-state index in [0.717, 1.165) is 19.2 Å². The highest BCUT2D eigenvalue weighted by molar-refractivity contribution is 6.46. The summed E-state index contributed by atoms with van der Waals surface area (Å²) in [6.45, 7) is 2.07. The maximum Gasteiger partial charge on any atom is 0.374 e. The van der Waals surface area contributed by atoms with E-state index < -0.39 is 7.05 Å². The zero-order valence-corrected chi connectivity index (χ0v) is 4.72. The van der Waals surface area contributed by atoms with E-state index in [0.29, 0.717) is 0 Å². The molecule has 0 bridgehead atoms. The molecule has 0 aliphatic heterocycles. The zero-order valence-electron chi connectivity index (χ0n) is 4.72. The van der Waals surface area contributed by atoms with E-state index in [1.165, 1.54) is 0 Å². The molecule has 0 fully saturated rings. The molecule has 0 aliphatic carbocycles. The number of rotatable bonds is 3. The fourth-order valence-corrected chi connectivity index (χ4v) is 0.413. The van der Waals surface area contributed by atoms with E-state index in [1.54, 1.807) is 0 Å². The van der Waals surface area contributed by atoms with Crippen molar-refractivity contribution in [2.75, 3.05) is 0 Å². The second-order valence-corrected chi connectivity index (χ2v) is 1.71. The largest absolute Gasteiger partial charge is 0.437 e. The average Bonchev–Trinajstić information content (AvgIpc) is 1.61. The fraction of sp³-hybridized carbons (Fsp3) is 1.00. The van der Waals surface area contributed by atoms with Gasteiger partial charge < -0.3 is 10.7 Å². The number of unbranched alkanes of at least 4 members (excludes halogenated alkanes) is 1. The molecule has 0 spiro atoms. The molecule has 7 heavy (non-hydrogen) atoms. The predicted molar refractivity (Wildman–Crippen MR) is 31.9 cm³/mol. The zero-order chi connectivity index (χ0) is 5.70. The van der Waals surface area contributed by atoms with Crippen molar-refractivity contribution in [3.05, 3.63) is 0 Å². The topological polar surface area (TPSA) is 46.2 Å². The molecule has 0 heterocycles. The molecule has 0 aromatic heterocycles. The van der Waals surface area contributed by atoms with Gasteiger partial charge in [-0.15, -0.1) is 0 Å². The average molecular weight is 101 g/mol. The standard InChI is InChI=1S/C4H12BNO/c1-2-3-4-5(6)7/h7H,2-4,6H2,1H3. The maximum atomic E-state index is 8.46. The van der Waals surface area contributed by atoms with Crippen molar-refractivity contribution in [1.82, 2.24) is 0 Å². The third kappa shape index (κ3) is 5.98. The van der Waals surface area contributed by atoms with Crippen LogP contribution in [0.15, 0.2) is 0 Å². The molecule has 0 unspecified atom stereocenters. The van der Waals surface area contributed by atoms with Crippen LogP contribution in [0, 0.1) is 0 Å². The molecule has 2 nitrogen and oxygen atoms in total. The summed E-state index contributed by atoms with van der Waals surface area (Å²) < 4.78 is 0. The van der Waals surface area contributed by atoms with Gasteiger partial charge in [-0.3, -0.25) is 0 Å². The normalized spacial score (nSPS) is 9.00. The molecule has 0 aromatic rings. The molecule has 0 aliphatic rings. The van der Waals surface area contributed by atoms with Crippen LogP contribution in [0.3, 0.4) is 0 Å². The summed E-state index contributed by atoms with van der Waals surface area (Å²) in [5, 5.41) is 8.46. The molecule has 3 heteroatoms. The van der Waals surface area contributed by atoms with E-state index in [9.17, 15) is 0 Å². The Bertz CT molecular complexity index is 40.7. The molecule has 3 N–H and O–H groups in total. The minimum absolute atomic E-state index is 0.597. The molecular formula is C4H12BNO. The van der Waals surface area contributed by atoms with Crippen LogP contribution in [0.25, 0.3) is 0 Å². The van der Waals surface area contributed by atoms with Crippen LogP contribution in [-0.4, -0.2) is 12.1 Å². The third-order valence-corrected chi connectivity index (χ3v) is 0.853. The summed E-state index contributed by atoms with van der Waals surface area (Å²) in [6, 6.07) is 0. The van der Waals surface area contributed by atoms with Crippen LogP contribution in [0.1, 0.15) is 19.8 Å². The number of hydrogen-bond acceptors (Lipinski definition) is 2. The van der Waals surface area contributed by atoms with Crippen molar-refractivity contribution < 1.29 is 5.02 Å². The van der Waals surface area contributed by atoms with Crippen LogP contribution >= 0.6 is 0 Å². The first-order valence-corrected chi connectivity index (χ1v) is 2.71. The van der Waals surface area contributed by atoms with E-state index in [1.807, 2.05) is 0 Å². The second kappa shape index (κ2) is 4.15. The summed E-state index contributed by atoms with van der Waals surface area (Å²) in [4.78, 5) is 0. The predicted octanol–water partition coefficient (Wildman–Crippen LogP) is 0.226. The molecule has 0 saturated heterocycles. The van der Waals surface area contributed by atoms with Gasteiger partial charge in [-0.1, -0.05) is 19.8 Å². The van der Waals surface area contributed by atoms with E-state index in [2.05, 4.69) is 6.92 Å². The van der Waals surface area contributed by atoms with Gasteiger partial charge in [0, 0.05) is 0 Å². The first-order chi connectivity index (χ1) is 3.27. The van der Waals surface area contributed by atoms with Crippen LogP contribution in [0.4, 0.5) is 0 Å². The van der Waals surface area contributed by atoms with Crippen molar-refractivity contribution in [3.8, 4) is 0 Å². The summed E-state index contributed by atoms with van der Waals surface area (Å²) in [6.07, 6.45) is 2.86. The lowest BCUT2D eigenvalue weighted by Gasteiger charge is -1.93. The Morgan fingerprint density at radius 3 is 2.43 bits per heavy atom. The van der Waals surface area contributed by atoms with Crippen molar-refractivity contribution >= 4 is 7.05 Å². The number of hydrogen-bond donors (Lipinski definition) is 2. The Hall–Kier alpha value is -0.0151. The van der Waals surface area contributed by atoms with Crippen molar-refractivity contribution in [3.63, 3.8) is 0 Å². The molecule has 0 amide bonds. The lowest BCUT2D eigenvalue weighted by Crippen LogP contribution is -2.24. The van der Waals surface area contributed by atoms with Gasteiger partial charge in [0.25, 0.3) is 0 Å². The first-order valence-electron chi connectivity index (χ1n) is 2.71. The molecule has 0 saturated carbocycles. The Labute approximate surface area is 44.8 Å². The minimum Gasteiger partial charge on any atom is -0.437 e. The van der Waals surface area contributed by atoms with E-state index in [4.69, 9.17) is 10.7 Å². The third-order valence-electron chi connectivity index (χ3n) is 0.853. The van der Waals surface area contributed by atoms with Crippen LogP contribution in [0.5, 0.6) is 0 Å². The maximum absolute atomic E-state index is 8.46. The van der Waals surface area contributed by atoms with Gasteiger partial charge in [0.2, 0.25) is 0 Å². The van der Waals surface area contributed by atoms with Gasteiger partial charge >= 0.3 is 7.05 Å². The molecule has 0 atom stereocenters. The highest BCUT2D eigenvalue weighted by Gasteiger charge is 1.99. The van der Waals surface area contributed by atoms with Gasteiger partial charge in [-0.05, 0) is 6.32 Å². The van der Waals surface area contributed by atoms with Crippen LogP contribution in [-0.2, 0) is 0 Å². The van der Waals surface area contributed by atoms with Gasteiger partial charge in [0.05, 0.1) is 0 Å². The molecular weight excluding hydrogens is 88.9 g/mol. The molecule has 0 aromatic carbocycles. The van der Waals surface area contributed by atoms with Gasteiger partial charge in [0.1, 0.15) is 0 Å². The molecule has 42 valence electrons. The molecule has 0 rings (SSSR count). The Kier molecular flexibility index (Phi) is 4.14. The SMILES string of the molecule is CCCCB(N)O. The van der Waals surface area contributed by atoms with Crippen molar-refractivity contribution in [2.45, 2.75) is 26.1 Å². The lowest BCUT2D eigenvalue weighted by molar-refractivity contribution is 0.564. The van der Waals surface area contributed by atoms with Gasteiger partial charge in [-0.25, -0.2) is 0 Å². The fourth-order valence-electron chi connectivity index (χ4n) is 0.413. The summed E-state index contributed by atoms with van der Waals surface area (Å²) in [5.74, 6) is 0. The van der Waals surface area contributed by atoms with E-state index >= 15 is 0 Å². The van der Waals surface area contributed by atoms with Crippen molar-refractivity contribution in [1.29, 1.82) is 0 Å². The van der Waals surface area contributed by atoms with Gasteiger partial charge in [-0.2, -0.15) is 0 Å². The highest BCUT2D eigenvalue weighted by atomic mass is 16.2. The second-order valence-electron chi connectivity index (χ2n) is 1.71. The van der Waals surface area contributed by atoms with E-state index in [-0.39, 0.29) is 0 Å². The monoisotopic (exact) mass is 101 g/mol. The minimum atomic E-state index is -0.597. The lowest BCUT2D eigenvalue weighted by atomic mass is 9.79. The Morgan fingerprint density at radius 1 is 1.71 bits per heavy atom. The summed E-state index contributed by atoms with van der Waals surface area (Å²) in [7, 11) is -0.597. The van der Waals surface area contributed by atoms with Crippen molar-refractivity contribution in [2.24, 2.45) is 5.64 Å². The highest BCUT2D eigenvalue weighted by Crippen LogP contribution is 1.93. The summed E-state index contributed by atoms with van der Waals surface area (Å²) >= 11 is 0. The molecule has 0 radical (unpaired) electrons. The smallest absolute Gasteiger partial charge is 0.374 e. The number of nitrogens with two attached hydrogens (primary N) is 1.